The average molecular weight is 278 g/mol. The molecular weight excluding hydrogens is 264 g/mol. The predicted molar refractivity (Wildman–Crippen MR) is 61.1 cm³/mol. The molecule has 1 aromatic carbocycles. The molecule has 1 aromatic rings. The first-order valence-corrected chi connectivity index (χ1v) is 5.67. The molecule has 0 N–H and O–H groups in total. The van der Waals surface area contributed by atoms with E-state index in [2.05, 4.69) is 15.9 Å². The Bertz CT molecular complexity index is 328. The predicted octanol–water partition coefficient (Wildman–Crippen LogP) is 3.18. The van der Waals surface area contributed by atoms with Crippen LogP contribution in [0.15, 0.2) is 18.2 Å². The van der Waals surface area contributed by atoms with Crippen LogP contribution in [-0.2, 0) is 6.54 Å². The highest BCUT2D eigenvalue weighted by Gasteiger charge is 2.08. The Hall–Kier alpha value is -0.480. The molecule has 0 heterocycles. The minimum Gasteiger partial charge on any atom is -0.301 e. The van der Waals surface area contributed by atoms with E-state index < -0.39 is 5.82 Å². The van der Waals surface area contributed by atoms with Crippen LogP contribution in [0.4, 0.5) is 8.78 Å². The molecule has 0 radical (unpaired) electrons. The third-order valence-electron chi connectivity index (χ3n) is 2.01. The second kappa shape index (κ2) is 5.56. The van der Waals surface area contributed by atoms with Crippen molar-refractivity contribution in [2.24, 2.45) is 0 Å². The van der Waals surface area contributed by atoms with E-state index in [1.165, 1.54) is 6.07 Å². The maximum atomic E-state index is 13.3. The summed E-state index contributed by atoms with van der Waals surface area (Å²) in [6.45, 7) is 3.22. The van der Waals surface area contributed by atoms with E-state index in [0.717, 1.165) is 18.7 Å². The molecule has 0 aliphatic rings. The van der Waals surface area contributed by atoms with E-state index in [9.17, 15) is 8.78 Å². The molecule has 0 aliphatic heterocycles. The highest BCUT2D eigenvalue weighted by molar-refractivity contribution is 9.09. The molecule has 0 bridgehead atoms. The van der Waals surface area contributed by atoms with Gasteiger partial charge in [-0.25, -0.2) is 8.78 Å². The standard InChI is InChI=1S/C11H14BrF2N/c1-8(12)6-15(2)7-9-5-10(13)3-4-11(9)14/h3-5,8H,6-7H2,1-2H3. The van der Waals surface area contributed by atoms with Crippen LogP contribution in [0, 0.1) is 11.6 Å². The van der Waals surface area contributed by atoms with Crippen LogP contribution in [0.2, 0.25) is 0 Å². The molecule has 1 unspecified atom stereocenters. The lowest BCUT2D eigenvalue weighted by atomic mass is 10.2. The summed E-state index contributed by atoms with van der Waals surface area (Å²) in [4.78, 5) is 2.27. The number of halogens is 3. The summed E-state index contributed by atoms with van der Waals surface area (Å²) in [5, 5.41) is 0. The van der Waals surface area contributed by atoms with Gasteiger partial charge in [-0.3, -0.25) is 0 Å². The molecule has 0 amide bonds. The molecule has 0 aromatic heterocycles. The fraction of sp³-hybridized carbons (Fsp3) is 0.455. The van der Waals surface area contributed by atoms with Crippen molar-refractivity contribution >= 4 is 15.9 Å². The normalized spacial score (nSPS) is 13.2. The van der Waals surface area contributed by atoms with Crippen LogP contribution in [0.25, 0.3) is 0 Å². The van der Waals surface area contributed by atoms with Gasteiger partial charge in [0.2, 0.25) is 0 Å². The Labute approximate surface area is 97.2 Å². The molecule has 0 aliphatic carbocycles. The number of nitrogens with zero attached hydrogens (tertiary/aromatic N) is 1. The molecular formula is C11H14BrF2N. The number of hydrogen-bond donors (Lipinski definition) is 0. The zero-order valence-electron chi connectivity index (χ0n) is 8.80. The lowest BCUT2D eigenvalue weighted by Gasteiger charge is -2.18. The van der Waals surface area contributed by atoms with E-state index in [-0.39, 0.29) is 5.82 Å². The van der Waals surface area contributed by atoms with Crippen LogP contribution in [-0.4, -0.2) is 23.3 Å². The summed E-state index contributed by atoms with van der Waals surface area (Å²) in [7, 11) is 1.88. The molecule has 0 spiro atoms. The van der Waals surface area contributed by atoms with Crippen LogP contribution in [0.3, 0.4) is 0 Å². The highest BCUT2D eigenvalue weighted by atomic mass is 79.9. The third kappa shape index (κ3) is 4.26. The van der Waals surface area contributed by atoms with Crippen LogP contribution in [0.5, 0.6) is 0 Å². The molecule has 0 fully saturated rings. The van der Waals surface area contributed by atoms with Crippen molar-refractivity contribution in [3.63, 3.8) is 0 Å². The fourth-order valence-electron chi connectivity index (χ4n) is 1.45. The van der Waals surface area contributed by atoms with Crippen LogP contribution < -0.4 is 0 Å². The van der Waals surface area contributed by atoms with Crippen LogP contribution in [0.1, 0.15) is 12.5 Å². The van der Waals surface area contributed by atoms with Gasteiger partial charge in [0.1, 0.15) is 11.6 Å². The first-order valence-electron chi connectivity index (χ1n) is 4.75. The first kappa shape index (κ1) is 12.6. The molecule has 84 valence electrons. The summed E-state index contributed by atoms with van der Waals surface area (Å²) in [6, 6.07) is 3.53. The van der Waals surface area contributed by atoms with Gasteiger partial charge >= 0.3 is 0 Å². The van der Waals surface area contributed by atoms with Crippen molar-refractivity contribution in [1.82, 2.24) is 4.90 Å². The van der Waals surface area contributed by atoms with E-state index >= 15 is 0 Å². The van der Waals surface area contributed by atoms with Crippen molar-refractivity contribution < 1.29 is 8.78 Å². The van der Waals surface area contributed by atoms with Gasteiger partial charge in [0.25, 0.3) is 0 Å². The van der Waals surface area contributed by atoms with Gasteiger partial charge in [-0.05, 0) is 25.2 Å². The Balaban J connectivity index is 2.67. The van der Waals surface area contributed by atoms with E-state index in [0.29, 0.717) is 16.9 Å². The number of benzene rings is 1. The minimum absolute atomic E-state index is 0.333. The minimum atomic E-state index is -0.397. The maximum Gasteiger partial charge on any atom is 0.127 e. The molecule has 1 rings (SSSR count). The van der Waals surface area contributed by atoms with Gasteiger partial charge in [-0.15, -0.1) is 0 Å². The van der Waals surface area contributed by atoms with Gasteiger partial charge in [0.05, 0.1) is 0 Å². The number of hydrogen-bond acceptors (Lipinski definition) is 1. The van der Waals surface area contributed by atoms with Gasteiger partial charge in [0, 0.05) is 23.5 Å². The Morgan fingerprint density at radius 1 is 1.40 bits per heavy atom. The highest BCUT2D eigenvalue weighted by Crippen LogP contribution is 2.12. The van der Waals surface area contributed by atoms with E-state index in [4.69, 9.17) is 0 Å². The SMILES string of the molecule is CC(Br)CN(C)Cc1cc(F)ccc1F. The second-order valence-corrected chi connectivity index (χ2v) is 5.28. The van der Waals surface area contributed by atoms with Crippen molar-refractivity contribution in [3.05, 3.63) is 35.4 Å². The van der Waals surface area contributed by atoms with Crippen molar-refractivity contribution in [3.8, 4) is 0 Å². The van der Waals surface area contributed by atoms with Gasteiger partial charge in [-0.1, -0.05) is 22.9 Å². The zero-order chi connectivity index (χ0) is 11.4. The molecule has 1 atom stereocenters. The van der Waals surface area contributed by atoms with Gasteiger partial charge in [-0.2, -0.15) is 0 Å². The summed E-state index contributed by atoms with van der Waals surface area (Å²) < 4.78 is 26.1. The Kier molecular flexibility index (Phi) is 4.67. The quantitative estimate of drug-likeness (QED) is 0.765. The summed E-state index contributed by atoms with van der Waals surface area (Å²) >= 11 is 3.41. The monoisotopic (exact) mass is 277 g/mol. The Morgan fingerprint density at radius 3 is 2.67 bits per heavy atom. The first-order chi connectivity index (χ1) is 6.99. The molecule has 0 saturated heterocycles. The van der Waals surface area contributed by atoms with Crippen LogP contribution >= 0.6 is 15.9 Å². The number of rotatable bonds is 4. The number of alkyl halides is 1. The lowest BCUT2D eigenvalue weighted by molar-refractivity contribution is 0.326. The maximum absolute atomic E-state index is 13.3. The molecule has 1 nitrogen and oxygen atoms in total. The topological polar surface area (TPSA) is 3.24 Å². The van der Waals surface area contributed by atoms with Gasteiger partial charge < -0.3 is 4.90 Å². The van der Waals surface area contributed by atoms with Crippen molar-refractivity contribution in [2.45, 2.75) is 18.3 Å². The fourth-order valence-corrected chi connectivity index (χ4v) is 1.94. The zero-order valence-corrected chi connectivity index (χ0v) is 10.4. The largest absolute Gasteiger partial charge is 0.301 e. The van der Waals surface area contributed by atoms with E-state index in [1.807, 2.05) is 18.9 Å². The summed E-state index contributed by atoms with van der Waals surface area (Å²) in [5.41, 5.74) is 0.394. The smallest absolute Gasteiger partial charge is 0.127 e. The second-order valence-electron chi connectivity index (χ2n) is 3.71. The lowest BCUT2D eigenvalue weighted by Crippen LogP contribution is -2.24. The van der Waals surface area contributed by atoms with E-state index in [1.54, 1.807) is 0 Å². The Morgan fingerprint density at radius 2 is 2.07 bits per heavy atom. The van der Waals surface area contributed by atoms with Gasteiger partial charge in [0.15, 0.2) is 0 Å². The molecule has 4 heteroatoms. The summed E-state index contributed by atoms with van der Waals surface area (Å²) in [5.74, 6) is -0.753. The molecule has 0 saturated carbocycles. The summed E-state index contributed by atoms with van der Waals surface area (Å²) in [6.07, 6.45) is 0. The molecule has 15 heavy (non-hydrogen) atoms. The average Bonchev–Trinajstić information content (AvgIpc) is 2.10. The third-order valence-corrected chi connectivity index (χ3v) is 2.30. The van der Waals surface area contributed by atoms with Crippen molar-refractivity contribution in [2.75, 3.05) is 13.6 Å². The van der Waals surface area contributed by atoms with Crippen molar-refractivity contribution in [1.29, 1.82) is 0 Å².